The number of benzene rings is 1. The van der Waals surface area contributed by atoms with Gasteiger partial charge in [-0.15, -0.1) is 0 Å². The first kappa shape index (κ1) is 10.7. The molecular weight excluding hydrogens is 212 g/mol. The van der Waals surface area contributed by atoms with Crippen LogP contribution in [0.1, 0.15) is 18.4 Å². The predicted octanol–water partition coefficient (Wildman–Crippen LogP) is 1.49. The molecule has 0 radical (unpaired) electrons. The molecule has 0 amide bonds. The van der Waals surface area contributed by atoms with Gasteiger partial charge >= 0.3 is 0 Å². The molecule has 1 fully saturated rings. The fourth-order valence-electron chi connectivity index (χ4n) is 2.07. The average molecular weight is 227 g/mol. The van der Waals surface area contributed by atoms with E-state index in [0.29, 0.717) is 23.6 Å². The standard InChI is InChI=1S/C11H15ClN2O/c12-8-1-2-9(10(13)7-8)11(15)3-5-14-6-4-11/h1-2,7,14-15H,3-6,13H2. The van der Waals surface area contributed by atoms with Crippen molar-refractivity contribution in [2.75, 3.05) is 18.8 Å². The number of hydrogen-bond acceptors (Lipinski definition) is 3. The van der Waals surface area contributed by atoms with Crippen LogP contribution in [0, 0.1) is 0 Å². The summed E-state index contributed by atoms with van der Waals surface area (Å²) in [7, 11) is 0. The average Bonchev–Trinajstić information content (AvgIpc) is 2.18. The second-order valence-corrected chi connectivity index (χ2v) is 4.45. The summed E-state index contributed by atoms with van der Waals surface area (Å²) in [6.45, 7) is 1.64. The Morgan fingerprint density at radius 1 is 1.33 bits per heavy atom. The van der Waals surface area contributed by atoms with Gasteiger partial charge in [-0.2, -0.15) is 0 Å². The van der Waals surface area contributed by atoms with E-state index in [1.54, 1.807) is 12.1 Å². The van der Waals surface area contributed by atoms with Gasteiger partial charge in [0.05, 0.1) is 5.60 Å². The Labute approximate surface area is 94.2 Å². The van der Waals surface area contributed by atoms with Crippen LogP contribution in [0.25, 0.3) is 0 Å². The summed E-state index contributed by atoms with van der Waals surface area (Å²) in [6.07, 6.45) is 1.39. The van der Waals surface area contributed by atoms with Crippen molar-refractivity contribution in [3.63, 3.8) is 0 Å². The van der Waals surface area contributed by atoms with Crippen molar-refractivity contribution in [2.24, 2.45) is 0 Å². The molecule has 4 heteroatoms. The van der Waals surface area contributed by atoms with Gasteiger partial charge in [0.1, 0.15) is 0 Å². The lowest BCUT2D eigenvalue weighted by Gasteiger charge is -2.33. The molecule has 1 aromatic carbocycles. The van der Waals surface area contributed by atoms with Gasteiger partial charge in [0.25, 0.3) is 0 Å². The highest BCUT2D eigenvalue weighted by molar-refractivity contribution is 6.30. The quantitative estimate of drug-likeness (QED) is 0.636. The van der Waals surface area contributed by atoms with E-state index in [1.807, 2.05) is 6.07 Å². The lowest BCUT2D eigenvalue weighted by atomic mass is 9.84. The molecule has 1 aromatic rings. The summed E-state index contributed by atoms with van der Waals surface area (Å²) in [5.41, 5.74) is 6.46. The van der Waals surface area contributed by atoms with Crippen LogP contribution < -0.4 is 11.1 Å². The number of rotatable bonds is 1. The molecule has 0 aromatic heterocycles. The maximum Gasteiger partial charge on any atom is 0.0940 e. The first-order chi connectivity index (χ1) is 7.12. The van der Waals surface area contributed by atoms with E-state index >= 15 is 0 Å². The van der Waals surface area contributed by atoms with Gasteiger partial charge in [0.2, 0.25) is 0 Å². The minimum Gasteiger partial charge on any atom is -0.398 e. The van der Waals surface area contributed by atoms with Gasteiger partial charge in [0.15, 0.2) is 0 Å². The van der Waals surface area contributed by atoms with Gasteiger partial charge in [-0.1, -0.05) is 17.7 Å². The van der Waals surface area contributed by atoms with E-state index in [-0.39, 0.29) is 0 Å². The molecule has 2 rings (SSSR count). The Bertz CT molecular complexity index is 362. The summed E-state index contributed by atoms with van der Waals surface area (Å²) in [6, 6.07) is 5.28. The third-order valence-electron chi connectivity index (χ3n) is 2.95. The molecule has 0 aliphatic carbocycles. The van der Waals surface area contributed by atoms with E-state index in [0.717, 1.165) is 18.7 Å². The molecule has 0 atom stereocenters. The Balaban J connectivity index is 2.35. The van der Waals surface area contributed by atoms with E-state index in [1.165, 1.54) is 0 Å². The molecule has 4 N–H and O–H groups in total. The van der Waals surface area contributed by atoms with E-state index in [4.69, 9.17) is 17.3 Å². The van der Waals surface area contributed by atoms with Crippen LogP contribution in [0.3, 0.4) is 0 Å². The summed E-state index contributed by atoms with van der Waals surface area (Å²) in [5, 5.41) is 14.3. The molecule has 0 bridgehead atoms. The number of nitrogens with one attached hydrogen (secondary N) is 1. The monoisotopic (exact) mass is 226 g/mol. The molecule has 0 spiro atoms. The van der Waals surface area contributed by atoms with Crippen molar-refractivity contribution < 1.29 is 5.11 Å². The smallest absolute Gasteiger partial charge is 0.0940 e. The first-order valence-electron chi connectivity index (χ1n) is 5.10. The van der Waals surface area contributed by atoms with E-state index in [9.17, 15) is 5.11 Å². The van der Waals surface area contributed by atoms with Crippen molar-refractivity contribution >= 4 is 17.3 Å². The van der Waals surface area contributed by atoms with Crippen LogP contribution in [0.2, 0.25) is 5.02 Å². The van der Waals surface area contributed by atoms with Crippen molar-refractivity contribution in [2.45, 2.75) is 18.4 Å². The summed E-state index contributed by atoms with van der Waals surface area (Å²) >= 11 is 5.83. The molecular formula is C11H15ClN2O. The van der Waals surface area contributed by atoms with Gasteiger partial charge < -0.3 is 16.2 Å². The second-order valence-electron chi connectivity index (χ2n) is 4.01. The van der Waals surface area contributed by atoms with Gasteiger partial charge in [-0.3, -0.25) is 0 Å². The zero-order chi connectivity index (χ0) is 10.9. The third-order valence-corrected chi connectivity index (χ3v) is 3.18. The number of hydrogen-bond donors (Lipinski definition) is 3. The lowest BCUT2D eigenvalue weighted by molar-refractivity contribution is 0.00666. The molecule has 1 heterocycles. The molecule has 0 saturated carbocycles. The number of piperidine rings is 1. The highest BCUT2D eigenvalue weighted by Gasteiger charge is 2.32. The van der Waals surface area contributed by atoms with Gasteiger partial charge in [0, 0.05) is 16.3 Å². The van der Waals surface area contributed by atoms with Crippen LogP contribution >= 0.6 is 11.6 Å². The zero-order valence-corrected chi connectivity index (χ0v) is 9.22. The molecule has 1 aliphatic rings. The maximum atomic E-state index is 10.5. The van der Waals surface area contributed by atoms with Crippen LogP contribution in [0.15, 0.2) is 18.2 Å². The molecule has 82 valence electrons. The van der Waals surface area contributed by atoms with Crippen LogP contribution in [-0.2, 0) is 5.60 Å². The minimum absolute atomic E-state index is 0.576. The lowest BCUT2D eigenvalue weighted by Crippen LogP contribution is -2.40. The number of nitrogens with two attached hydrogens (primary N) is 1. The van der Waals surface area contributed by atoms with Crippen molar-refractivity contribution in [3.8, 4) is 0 Å². The summed E-state index contributed by atoms with van der Waals surface area (Å²) in [4.78, 5) is 0. The molecule has 1 aliphatic heterocycles. The molecule has 0 unspecified atom stereocenters. The summed E-state index contributed by atoms with van der Waals surface area (Å²) < 4.78 is 0. The van der Waals surface area contributed by atoms with Gasteiger partial charge in [-0.05, 0) is 38.1 Å². The predicted molar refractivity (Wildman–Crippen MR) is 61.9 cm³/mol. The largest absolute Gasteiger partial charge is 0.398 e. The van der Waals surface area contributed by atoms with Crippen LogP contribution in [-0.4, -0.2) is 18.2 Å². The van der Waals surface area contributed by atoms with Crippen molar-refractivity contribution in [3.05, 3.63) is 28.8 Å². The Morgan fingerprint density at radius 3 is 2.60 bits per heavy atom. The van der Waals surface area contributed by atoms with Crippen molar-refractivity contribution in [1.29, 1.82) is 0 Å². The Hall–Kier alpha value is -0.770. The molecule has 15 heavy (non-hydrogen) atoms. The number of aliphatic hydroxyl groups is 1. The number of halogens is 1. The Morgan fingerprint density at radius 2 is 2.00 bits per heavy atom. The SMILES string of the molecule is Nc1cc(Cl)ccc1C1(O)CCNCC1. The fraction of sp³-hybridized carbons (Fsp3) is 0.455. The summed E-state index contributed by atoms with van der Waals surface area (Å²) in [5.74, 6) is 0. The normalized spacial score (nSPS) is 20.1. The molecule has 3 nitrogen and oxygen atoms in total. The third kappa shape index (κ3) is 2.09. The van der Waals surface area contributed by atoms with E-state index < -0.39 is 5.60 Å². The highest BCUT2D eigenvalue weighted by Crippen LogP contribution is 2.35. The maximum absolute atomic E-state index is 10.5. The highest BCUT2D eigenvalue weighted by atomic mass is 35.5. The van der Waals surface area contributed by atoms with Crippen LogP contribution in [0.4, 0.5) is 5.69 Å². The zero-order valence-electron chi connectivity index (χ0n) is 8.46. The second kappa shape index (κ2) is 4.00. The number of nitrogen functional groups attached to an aromatic ring is 1. The molecule has 1 saturated heterocycles. The van der Waals surface area contributed by atoms with Crippen LogP contribution in [0.5, 0.6) is 0 Å². The minimum atomic E-state index is -0.792. The van der Waals surface area contributed by atoms with Crippen molar-refractivity contribution in [1.82, 2.24) is 5.32 Å². The van der Waals surface area contributed by atoms with Gasteiger partial charge in [-0.25, -0.2) is 0 Å². The Kier molecular flexibility index (Phi) is 2.87. The fourth-order valence-corrected chi connectivity index (χ4v) is 2.25. The number of anilines is 1. The topological polar surface area (TPSA) is 58.3 Å². The first-order valence-corrected chi connectivity index (χ1v) is 5.48. The van der Waals surface area contributed by atoms with E-state index in [2.05, 4.69) is 5.32 Å².